The normalized spacial score (nSPS) is 12.6. The van der Waals surface area contributed by atoms with Gasteiger partial charge in [-0.3, -0.25) is 0 Å². The van der Waals surface area contributed by atoms with E-state index < -0.39 is 16.1 Å². The fraction of sp³-hybridized carbons (Fsp3) is 0.368. The third-order valence-electron chi connectivity index (χ3n) is 3.73. The highest BCUT2D eigenvalue weighted by molar-refractivity contribution is 7.89. The lowest BCUT2D eigenvalue weighted by Gasteiger charge is -2.17. The summed E-state index contributed by atoms with van der Waals surface area (Å²) >= 11 is 0. The molecule has 0 aliphatic heterocycles. The van der Waals surface area contributed by atoms with E-state index in [1.54, 1.807) is 37.3 Å². The van der Waals surface area contributed by atoms with Crippen LogP contribution < -0.4 is 14.2 Å². The highest BCUT2D eigenvalue weighted by atomic mass is 32.2. The van der Waals surface area contributed by atoms with Crippen molar-refractivity contribution < 1.29 is 17.9 Å². The maximum absolute atomic E-state index is 12.5. The molecule has 0 radical (unpaired) electrons. The van der Waals surface area contributed by atoms with Crippen molar-refractivity contribution in [2.75, 3.05) is 13.2 Å². The predicted molar refractivity (Wildman–Crippen MR) is 98.7 cm³/mol. The first kappa shape index (κ1) is 19.3. The van der Waals surface area contributed by atoms with Crippen LogP contribution in [0.15, 0.2) is 47.4 Å². The topological polar surface area (TPSA) is 64.6 Å². The Morgan fingerprint density at radius 3 is 2.16 bits per heavy atom. The molecule has 0 bridgehead atoms. The molecule has 2 rings (SSSR count). The smallest absolute Gasteiger partial charge is 0.241 e. The summed E-state index contributed by atoms with van der Waals surface area (Å²) in [6.07, 6.45) is 0. The van der Waals surface area contributed by atoms with Crippen LogP contribution in [0.3, 0.4) is 0 Å². The van der Waals surface area contributed by atoms with Gasteiger partial charge in [-0.25, -0.2) is 13.1 Å². The fourth-order valence-electron chi connectivity index (χ4n) is 2.42. The molecule has 0 saturated carbocycles. The number of hydrogen-bond acceptors (Lipinski definition) is 4. The molecule has 1 atom stereocenters. The van der Waals surface area contributed by atoms with Gasteiger partial charge in [-0.1, -0.05) is 23.8 Å². The van der Waals surface area contributed by atoms with Gasteiger partial charge < -0.3 is 9.47 Å². The van der Waals surface area contributed by atoms with E-state index in [0.717, 1.165) is 11.1 Å². The molecule has 0 amide bonds. The van der Waals surface area contributed by atoms with E-state index in [0.29, 0.717) is 24.7 Å². The number of ether oxygens (including phenoxy) is 2. The van der Waals surface area contributed by atoms with Crippen molar-refractivity contribution >= 4 is 10.0 Å². The molecule has 0 fully saturated rings. The van der Waals surface area contributed by atoms with Crippen molar-refractivity contribution in [2.45, 2.75) is 38.6 Å². The fourth-order valence-corrected chi connectivity index (χ4v) is 3.66. The molecule has 6 heteroatoms. The minimum atomic E-state index is -3.59. The Morgan fingerprint density at radius 1 is 0.960 bits per heavy atom. The van der Waals surface area contributed by atoms with E-state index >= 15 is 0 Å². The van der Waals surface area contributed by atoms with Gasteiger partial charge in [0.1, 0.15) is 0 Å². The number of rotatable bonds is 8. The number of sulfonamides is 1. The first-order valence-electron chi connectivity index (χ1n) is 8.36. The second kappa shape index (κ2) is 8.36. The van der Waals surface area contributed by atoms with Gasteiger partial charge in [0.05, 0.1) is 18.1 Å². The molecule has 1 N–H and O–H groups in total. The van der Waals surface area contributed by atoms with Crippen LogP contribution >= 0.6 is 0 Å². The zero-order valence-electron chi connectivity index (χ0n) is 15.1. The van der Waals surface area contributed by atoms with Crippen LogP contribution in [0, 0.1) is 6.92 Å². The molecule has 0 saturated heterocycles. The standard InChI is InChI=1S/C19H25NO4S/c1-5-23-18-12-9-16(13-19(18)24-6-2)15(4)20-25(21,22)17-10-7-14(3)8-11-17/h7-13,15,20H,5-6H2,1-4H3/t15-/m0/s1. The number of benzene rings is 2. The van der Waals surface area contributed by atoms with E-state index in [9.17, 15) is 8.42 Å². The van der Waals surface area contributed by atoms with Crippen LogP contribution in [-0.2, 0) is 10.0 Å². The minimum Gasteiger partial charge on any atom is -0.490 e. The van der Waals surface area contributed by atoms with Crippen molar-refractivity contribution in [3.63, 3.8) is 0 Å². The van der Waals surface area contributed by atoms with Crippen molar-refractivity contribution in [3.8, 4) is 11.5 Å². The van der Waals surface area contributed by atoms with Crippen LogP contribution in [0.25, 0.3) is 0 Å². The Morgan fingerprint density at radius 2 is 1.56 bits per heavy atom. The van der Waals surface area contributed by atoms with Gasteiger partial charge in [0.15, 0.2) is 11.5 Å². The summed E-state index contributed by atoms with van der Waals surface area (Å²) in [5.41, 5.74) is 1.82. The molecule has 2 aromatic carbocycles. The van der Waals surface area contributed by atoms with E-state index in [4.69, 9.17) is 9.47 Å². The van der Waals surface area contributed by atoms with E-state index in [2.05, 4.69) is 4.72 Å². The van der Waals surface area contributed by atoms with Crippen LogP contribution in [0.5, 0.6) is 11.5 Å². The van der Waals surface area contributed by atoms with Crippen molar-refractivity contribution in [1.82, 2.24) is 4.72 Å². The molecular weight excluding hydrogens is 338 g/mol. The van der Waals surface area contributed by atoms with E-state index in [-0.39, 0.29) is 4.90 Å². The lowest BCUT2D eigenvalue weighted by molar-refractivity contribution is 0.287. The predicted octanol–water partition coefficient (Wildman–Crippen LogP) is 3.83. The van der Waals surface area contributed by atoms with Gasteiger partial charge in [-0.15, -0.1) is 0 Å². The lowest BCUT2D eigenvalue weighted by Crippen LogP contribution is -2.26. The lowest BCUT2D eigenvalue weighted by atomic mass is 10.1. The molecule has 25 heavy (non-hydrogen) atoms. The summed E-state index contributed by atoms with van der Waals surface area (Å²) < 4.78 is 38.9. The van der Waals surface area contributed by atoms with Crippen molar-refractivity contribution in [2.24, 2.45) is 0 Å². The maximum atomic E-state index is 12.5. The molecule has 0 heterocycles. The average molecular weight is 363 g/mol. The molecule has 2 aromatic rings. The Balaban J connectivity index is 2.23. The maximum Gasteiger partial charge on any atom is 0.241 e. The SMILES string of the molecule is CCOc1ccc([C@H](C)NS(=O)(=O)c2ccc(C)cc2)cc1OCC. The summed E-state index contributed by atoms with van der Waals surface area (Å²) in [5, 5.41) is 0. The van der Waals surface area contributed by atoms with Gasteiger partial charge in [0.25, 0.3) is 0 Å². The Labute approximate surface area is 150 Å². The quantitative estimate of drug-likeness (QED) is 0.774. The molecule has 5 nitrogen and oxygen atoms in total. The highest BCUT2D eigenvalue weighted by Crippen LogP contribution is 2.31. The summed E-state index contributed by atoms with van der Waals surface area (Å²) in [6, 6.07) is 11.8. The summed E-state index contributed by atoms with van der Waals surface area (Å²) in [6.45, 7) is 8.56. The van der Waals surface area contributed by atoms with E-state index in [1.165, 1.54) is 0 Å². The zero-order valence-corrected chi connectivity index (χ0v) is 15.9. The molecular formula is C19H25NO4S. The third kappa shape index (κ3) is 4.96. The molecule has 0 spiro atoms. The van der Waals surface area contributed by atoms with Crippen molar-refractivity contribution in [1.29, 1.82) is 0 Å². The summed E-state index contributed by atoms with van der Waals surface area (Å²) in [4.78, 5) is 0.251. The van der Waals surface area contributed by atoms with Gasteiger partial charge in [-0.2, -0.15) is 0 Å². The average Bonchev–Trinajstić information content (AvgIpc) is 2.57. The summed E-state index contributed by atoms with van der Waals surface area (Å²) in [5.74, 6) is 1.27. The summed E-state index contributed by atoms with van der Waals surface area (Å²) in [7, 11) is -3.59. The van der Waals surface area contributed by atoms with Gasteiger partial charge in [-0.05, 0) is 57.5 Å². The minimum absolute atomic E-state index is 0.251. The molecule has 0 aliphatic rings. The molecule has 0 unspecified atom stereocenters. The molecule has 0 aliphatic carbocycles. The monoisotopic (exact) mass is 363 g/mol. The second-order valence-corrected chi connectivity index (χ2v) is 7.44. The third-order valence-corrected chi connectivity index (χ3v) is 5.29. The highest BCUT2D eigenvalue weighted by Gasteiger charge is 2.19. The Kier molecular flexibility index (Phi) is 6.45. The van der Waals surface area contributed by atoms with Gasteiger partial charge >= 0.3 is 0 Å². The van der Waals surface area contributed by atoms with Crippen LogP contribution in [0.4, 0.5) is 0 Å². The first-order chi connectivity index (χ1) is 11.9. The largest absolute Gasteiger partial charge is 0.490 e. The number of nitrogens with one attached hydrogen (secondary N) is 1. The zero-order chi connectivity index (χ0) is 18.4. The number of aryl methyl sites for hydroxylation is 1. The van der Waals surface area contributed by atoms with Crippen LogP contribution in [0.2, 0.25) is 0 Å². The molecule has 136 valence electrons. The Hall–Kier alpha value is -2.05. The van der Waals surface area contributed by atoms with Gasteiger partial charge in [0, 0.05) is 6.04 Å². The van der Waals surface area contributed by atoms with Gasteiger partial charge in [0.2, 0.25) is 10.0 Å². The van der Waals surface area contributed by atoms with Crippen molar-refractivity contribution in [3.05, 3.63) is 53.6 Å². The first-order valence-corrected chi connectivity index (χ1v) is 9.84. The Bertz CT molecular complexity index is 801. The number of hydrogen-bond donors (Lipinski definition) is 1. The van der Waals surface area contributed by atoms with E-state index in [1.807, 2.05) is 32.9 Å². The van der Waals surface area contributed by atoms with Crippen LogP contribution in [0.1, 0.15) is 37.9 Å². The van der Waals surface area contributed by atoms with Crippen LogP contribution in [-0.4, -0.2) is 21.6 Å². The second-order valence-electron chi connectivity index (χ2n) is 5.73. The molecule has 0 aromatic heterocycles.